The Bertz CT molecular complexity index is 544. The van der Waals surface area contributed by atoms with Gasteiger partial charge in [0.25, 0.3) is 5.91 Å². The predicted octanol–water partition coefficient (Wildman–Crippen LogP) is 2.69. The van der Waals surface area contributed by atoms with E-state index in [1.807, 2.05) is 20.8 Å². The average molecular weight is 312 g/mol. The first-order chi connectivity index (χ1) is 9.71. The van der Waals surface area contributed by atoms with E-state index >= 15 is 0 Å². The first-order valence-corrected chi connectivity index (χ1v) is 7.51. The summed E-state index contributed by atoms with van der Waals surface area (Å²) in [5, 5.41) is 13.3. The topological polar surface area (TPSA) is 58.6 Å². The fourth-order valence-corrected chi connectivity index (χ4v) is 2.65. The summed E-state index contributed by atoms with van der Waals surface area (Å²) < 4.78 is 5.69. The van der Waals surface area contributed by atoms with Gasteiger partial charge in [0, 0.05) is 16.5 Å². The number of benzene rings is 1. The summed E-state index contributed by atoms with van der Waals surface area (Å²) in [6, 6.07) is 5.28. The summed E-state index contributed by atoms with van der Waals surface area (Å²) >= 11 is 5.90. The lowest BCUT2D eigenvalue weighted by atomic mass is 9.64. The Hall–Kier alpha value is -1.26. The van der Waals surface area contributed by atoms with E-state index in [1.165, 1.54) is 0 Å². The van der Waals surface area contributed by atoms with Crippen LogP contribution in [0.2, 0.25) is 5.02 Å². The van der Waals surface area contributed by atoms with E-state index in [4.69, 9.17) is 16.3 Å². The first-order valence-electron chi connectivity index (χ1n) is 7.13. The first kappa shape index (κ1) is 16.1. The normalized spacial score (nSPS) is 24.9. The standard InChI is InChI=1S/C16H22ClNO3/c1-9-7-11(17)5-6-12(9)21-10(2)15(20)18-13-8-14(19)16(13,3)4/h5-7,10,13-14,19H,8H2,1-4H3,(H,18,20). The number of hydrogen-bond donors (Lipinski definition) is 2. The van der Waals surface area contributed by atoms with Crippen LogP contribution in [0.25, 0.3) is 0 Å². The van der Waals surface area contributed by atoms with Crippen molar-refractivity contribution in [3.05, 3.63) is 28.8 Å². The molecule has 0 radical (unpaired) electrons. The largest absolute Gasteiger partial charge is 0.481 e. The molecule has 3 atom stereocenters. The van der Waals surface area contributed by atoms with Crippen molar-refractivity contribution in [2.45, 2.75) is 52.4 Å². The van der Waals surface area contributed by atoms with Gasteiger partial charge in [-0.3, -0.25) is 4.79 Å². The van der Waals surface area contributed by atoms with E-state index in [9.17, 15) is 9.90 Å². The van der Waals surface area contributed by atoms with Crippen molar-refractivity contribution in [3.8, 4) is 5.75 Å². The minimum absolute atomic E-state index is 0.0163. The molecular formula is C16H22ClNO3. The summed E-state index contributed by atoms with van der Waals surface area (Å²) in [5.74, 6) is 0.476. The third-order valence-corrected chi connectivity index (χ3v) is 4.58. The zero-order valence-corrected chi connectivity index (χ0v) is 13.6. The molecule has 1 saturated carbocycles. The highest BCUT2D eigenvalue weighted by atomic mass is 35.5. The number of aliphatic hydroxyl groups excluding tert-OH is 1. The number of hydrogen-bond acceptors (Lipinski definition) is 3. The molecule has 1 aromatic carbocycles. The highest BCUT2D eigenvalue weighted by molar-refractivity contribution is 6.30. The Morgan fingerprint density at radius 3 is 2.71 bits per heavy atom. The van der Waals surface area contributed by atoms with E-state index in [0.29, 0.717) is 17.2 Å². The van der Waals surface area contributed by atoms with Crippen molar-refractivity contribution in [2.24, 2.45) is 5.41 Å². The van der Waals surface area contributed by atoms with Gasteiger partial charge < -0.3 is 15.2 Å². The molecule has 21 heavy (non-hydrogen) atoms. The van der Waals surface area contributed by atoms with Gasteiger partial charge in [-0.25, -0.2) is 0 Å². The van der Waals surface area contributed by atoms with Crippen LogP contribution in [0, 0.1) is 12.3 Å². The number of ether oxygens (including phenoxy) is 1. The molecule has 0 aliphatic heterocycles. The highest BCUT2D eigenvalue weighted by Gasteiger charge is 2.48. The number of rotatable bonds is 4. The molecule has 3 unspecified atom stereocenters. The minimum Gasteiger partial charge on any atom is -0.481 e. The summed E-state index contributed by atoms with van der Waals surface area (Å²) in [7, 11) is 0. The van der Waals surface area contributed by atoms with E-state index in [1.54, 1.807) is 25.1 Å². The van der Waals surface area contributed by atoms with Crippen LogP contribution in [0.5, 0.6) is 5.75 Å². The molecule has 4 nitrogen and oxygen atoms in total. The molecule has 0 bridgehead atoms. The zero-order chi connectivity index (χ0) is 15.8. The molecule has 1 fully saturated rings. The van der Waals surface area contributed by atoms with Crippen molar-refractivity contribution in [1.29, 1.82) is 0 Å². The molecule has 1 aliphatic carbocycles. The lowest BCUT2D eigenvalue weighted by molar-refractivity contribution is -0.135. The molecule has 0 saturated heterocycles. The van der Waals surface area contributed by atoms with Gasteiger partial charge in [-0.1, -0.05) is 25.4 Å². The minimum atomic E-state index is -0.599. The molecule has 116 valence electrons. The van der Waals surface area contributed by atoms with Gasteiger partial charge in [-0.15, -0.1) is 0 Å². The Labute approximate surface area is 130 Å². The Morgan fingerprint density at radius 2 is 2.19 bits per heavy atom. The number of amides is 1. The number of nitrogens with one attached hydrogen (secondary N) is 1. The molecule has 0 aromatic heterocycles. The third-order valence-electron chi connectivity index (χ3n) is 4.34. The summed E-state index contributed by atoms with van der Waals surface area (Å²) in [5.41, 5.74) is 0.604. The van der Waals surface area contributed by atoms with E-state index < -0.39 is 6.10 Å². The number of halogens is 1. The van der Waals surface area contributed by atoms with Crippen LogP contribution in [0.15, 0.2) is 18.2 Å². The van der Waals surface area contributed by atoms with Crippen LogP contribution in [0.3, 0.4) is 0 Å². The molecular weight excluding hydrogens is 290 g/mol. The van der Waals surface area contributed by atoms with Crippen molar-refractivity contribution < 1.29 is 14.6 Å². The zero-order valence-electron chi connectivity index (χ0n) is 12.8. The SMILES string of the molecule is Cc1cc(Cl)ccc1OC(C)C(=O)NC1CC(O)C1(C)C. The van der Waals surface area contributed by atoms with E-state index in [-0.39, 0.29) is 23.5 Å². The summed E-state index contributed by atoms with van der Waals surface area (Å²) in [6.45, 7) is 7.49. The molecule has 1 amide bonds. The maximum absolute atomic E-state index is 12.2. The smallest absolute Gasteiger partial charge is 0.261 e. The van der Waals surface area contributed by atoms with Crippen LogP contribution < -0.4 is 10.1 Å². The second-order valence-electron chi connectivity index (χ2n) is 6.30. The molecule has 0 heterocycles. The van der Waals surface area contributed by atoms with Crippen LogP contribution in [0.4, 0.5) is 0 Å². The van der Waals surface area contributed by atoms with E-state index in [2.05, 4.69) is 5.32 Å². The number of aliphatic hydroxyl groups is 1. The molecule has 0 spiro atoms. The highest BCUT2D eigenvalue weighted by Crippen LogP contribution is 2.40. The van der Waals surface area contributed by atoms with Crippen LogP contribution in [-0.2, 0) is 4.79 Å². The Balaban J connectivity index is 1.94. The summed E-state index contributed by atoms with van der Waals surface area (Å²) in [4.78, 5) is 12.2. The van der Waals surface area contributed by atoms with Crippen LogP contribution >= 0.6 is 11.6 Å². The van der Waals surface area contributed by atoms with Gasteiger partial charge in [0.1, 0.15) is 5.75 Å². The Kier molecular flexibility index (Phi) is 4.49. The Morgan fingerprint density at radius 1 is 1.52 bits per heavy atom. The maximum atomic E-state index is 12.2. The second kappa shape index (κ2) is 5.85. The molecule has 1 aliphatic rings. The lowest BCUT2D eigenvalue weighted by Gasteiger charge is -2.49. The van der Waals surface area contributed by atoms with Crippen LogP contribution in [-0.4, -0.2) is 29.3 Å². The van der Waals surface area contributed by atoms with Gasteiger partial charge in [-0.05, 0) is 44.0 Å². The van der Waals surface area contributed by atoms with Gasteiger partial charge >= 0.3 is 0 Å². The average Bonchev–Trinajstić information content (AvgIpc) is 2.41. The third kappa shape index (κ3) is 3.33. The van der Waals surface area contributed by atoms with Crippen molar-refractivity contribution in [2.75, 3.05) is 0 Å². The second-order valence-corrected chi connectivity index (χ2v) is 6.74. The van der Waals surface area contributed by atoms with Crippen molar-refractivity contribution in [1.82, 2.24) is 5.32 Å². The maximum Gasteiger partial charge on any atom is 0.261 e. The van der Waals surface area contributed by atoms with Gasteiger partial charge in [0.15, 0.2) is 6.10 Å². The van der Waals surface area contributed by atoms with E-state index in [0.717, 1.165) is 5.56 Å². The fraction of sp³-hybridized carbons (Fsp3) is 0.562. The lowest BCUT2D eigenvalue weighted by Crippen LogP contribution is -2.62. The monoisotopic (exact) mass is 311 g/mol. The van der Waals surface area contributed by atoms with Crippen LogP contribution in [0.1, 0.15) is 32.8 Å². The van der Waals surface area contributed by atoms with Crippen molar-refractivity contribution in [3.63, 3.8) is 0 Å². The molecule has 5 heteroatoms. The molecule has 2 N–H and O–H groups in total. The quantitative estimate of drug-likeness (QED) is 0.899. The summed E-state index contributed by atoms with van der Waals surface area (Å²) in [6.07, 6.45) is -0.373. The van der Waals surface area contributed by atoms with Crippen molar-refractivity contribution >= 4 is 17.5 Å². The molecule has 1 aromatic rings. The van der Waals surface area contributed by atoms with Gasteiger partial charge in [-0.2, -0.15) is 0 Å². The molecule has 2 rings (SSSR count). The number of carbonyl (C=O) groups is 1. The van der Waals surface area contributed by atoms with Gasteiger partial charge in [0.2, 0.25) is 0 Å². The number of aryl methyl sites for hydroxylation is 1. The van der Waals surface area contributed by atoms with Gasteiger partial charge in [0.05, 0.1) is 6.10 Å². The predicted molar refractivity (Wildman–Crippen MR) is 82.6 cm³/mol. The number of carbonyl (C=O) groups excluding carboxylic acids is 1. The fourth-order valence-electron chi connectivity index (χ4n) is 2.43.